The summed E-state index contributed by atoms with van der Waals surface area (Å²) in [6, 6.07) is 0. The molecule has 2 aliphatic heterocycles. The molecule has 154 valence electrons. The summed E-state index contributed by atoms with van der Waals surface area (Å²) in [6.45, 7) is 13.2. The Kier molecular flexibility index (Phi) is 6.42. The van der Waals surface area contributed by atoms with Crippen LogP contribution < -0.4 is 10.2 Å². The van der Waals surface area contributed by atoms with Gasteiger partial charge in [0.1, 0.15) is 23.7 Å². The highest BCUT2D eigenvalue weighted by atomic mass is 32.2. The fourth-order valence-electron chi connectivity index (χ4n) is 3.87. The molecule has 0 aromatic carbocycles. The zero-order chi connectivity index (χ0) is 19.6. The number of thiophene rings is 1. The molecule has 0 bridgehead atoms. The molecule has 6 nitrogen and oxygen atoms in total. The molecule has 2 N–H and O–H groups in total. The van der Waals surface area contributed by atoms with Crippen LogP contribution in [0.2, 0.25) is 0 Å². The van der Waals surface area contributed by atoms with E-state index >= 15 is 0 Å². The lowest BCUT2D eigenvalue weighted by atomic mass is 9.90. The minimum atomic E-state index is -0.0902. The van der Waals surface area contributed by atoms with E-state index in [0.717, 1.165) is 73.8 Å². The van der Waals surface area contributed by atoms with Gasteiger partial charge < -0.3 is 19.7 Å². The summed E-state index contributed by atoms with van der Waals surface area (Å²) in [4.78, 5) is 13.8. The monoisotopic (exact) mass is 423 g/mol. The van der Waals surface area contributed by atoms with Crippen LogP contribution in [0.5, 0.6) is 0 Å². The topological polar surface area (TPSA) is 60.7 Å². The average molecular weight is 424 g/mol. The van der Waals surface area contributed by atoms with E-state index in [2.05, 4.69) is 26.1 Å². The number of quaternary nitrogens is 1. The van der Waals surface area contributed by atoms with Gasteiger partial charge in [-0.1, -0.05) is 25.6 Å². The maximum absolute atomic E-state index is 6.17. The molecule has 4 heterocycles. The zero-order valence-corrected chi connectivity index (χ0v) is 18.7. The van der Waals surface area contributed by atoms with Crippen molar-refractivity contribution in [2.24, 2.45) is 0 Å². The second-order valence-electron chi connectivity index (χ2n) is 7.78. The smallest absolute Gasteiger partial charge is 0.190 e. The number of aromatic nitrogens is 2. The van der Waals surface area contributed by atoms with Crippen LogP contribution in [0.3, 0.4) is 0 Å². The van der Waals surface area contributed by atoms with Crippen molar-refractivity contribution in [3.05, 3.63) is 10.4 Å². The SMILES string of the molecule is CCSc1nc(NCC[NH+]2CCOCC2)c2c3c(sc2n1)CO[C@](C)(CC)C3. The largest absolute Gasteiger partial charge is 0.370 e. The normalized spacial score (nSPS) is 23.1. The van der Waals surface area contributed by atoms with Gasteiger partial charge in [-0.05, 0) is 24.7 Å². The number of ether oxygens (including phenoxy) is 2. The van der Waals surface area contributed by atoms with Crippen molar-refractivity contribution in [1.82, 2.24) is 9.97 Å². The number of hydrogen-bond acceptors (Lipinski definition) is 7. The molecule has 2 aromatic rings. The Hall–Kier alpha value is -0.930. The highest BCUT2D eigenvalue weighted by Gasteiger charge is 2.33. The van der Waals surface area contributed by atoms with Crippen LogP contribution in [0, 0.1) is 0 Å². The Morgan fingerprint density at radius 1 is 1.25 bits per heavy atom. The summed E-state index contributed by atoms with van der Waals surface area (Å²) in [5.74, 6) is 1.98. The van der Waals surface area contributed by atoms with Gasteiger partial charge in [0.25, 0.3) is 0 Å². The van der Waals surface area contributed by atoms with E-state index < -0.39 is 0 Å². The molecule has 0 radical (unpaired) electrons. The number of hydrogen-bond donors (Lipinski definition) is 2. The number of nitrogens with zero attached hydrogens (tertiary/aromatic N) is 2. The maximum Gasteiger partial charge on any atom is 0.190 e. The standard InChI is InChI=1S/C20H30N4O2S2/c1-4-20(3)12-14-15(13-26-20)28-18-16(14)17(22-19(23-18)27-5-2)21-6-7-24-8-10-25-11-9-24/h4-13H2,1-3H3,(H,21,22,23)/p+1/t20-/m1/s1. The minimum Gasteiger partial charge on any atom is -0.370 e. The fraction of sp³-hybridized carbons (Fsp3) is 0.700. The van der Waals surface area contributed by atoms with Gasteiger partial charge in [0.15, 0.2) is 5.16 Å². The Morgan fingerprint density at radius 3 is 2.82 bits per heavy atom. The summed E-state index contributed by atoms with van der Waals surface area (Å²) in [6.07, 6.45) is 1.95. The van der Waals surface area contributed by atoms with Gasteiger partial charge >= 0.3 is 0 Å². The third-order valence-corrected chi connectivity index (χ3v) is 7.64. The van der Waals surface area contributed by atoms with Crippen LogP contribution in [0.15, 0.2) is 5.16 Å². The summed E-state index contributed by atoms with van der Waals surface area (Å²) < 4.78 is 11.6. The Labute approximate surface area is 175 Å². The first kappa shape index (κ1) is 20.3. The van der Waals surface area contributed by atoms with E-state index in [1.54, 1.807) is 28.0 Å². The van der Waals surface area contributed by atoms with Crippen molar-refractivity contribution >= 4 is 39.1 Å². The predicted molar refractivity (Wildman–Crippen MR) is 116 cm³/mol. The van der Waals surface area contributed by atoms with Crippen molar-refractivity contribution in [3.63, 3.8) is 0 Å². The summed E-state index contributed by atoms with van der Waals surface area (Å²) in [7, 11) is 0. The fourth-order valence-corrected chi connectivity index (χ4v) is 5.60. The first-order valence-corrected chi connectivity index (χ1v) is 12.2. The molecule has 0 saturated carbocycles. The van der Waals surface area contributed by atoms with Gasteiger partial charge in [-0.3, -0.25) is 0 Å². The quantitative estimate of drug-likeness (QED) is 0.527. The van der Waals surface area contributed by atoms with Gasteiger partial charge in [-0.15, -0.1) is 11.3 Å². The van der Waals surface area contributed by atoms with Crippen LogP contribution in [0.4, 0.5) is 5.82 Å². The minimum absolute atomic E-state index is 0.0902. The van der Waals surface area contributed by atoms with Crippen molar-refractivity contribution in [2.45, 2.75) is 51.0 Å². The molecule has 1 fully saturated rings. The number of thioether (sulfide) groups is 1. The van der Waals surface area contributed by atoms with E-state index in [-0.39, 0.29) is 5.60 Å². The molecule has 4 rings (SSSR count). The molecule has 1 saturated heterocycles. The van der Waals surface area contributed by atoms with Gasteiger partial charge in [-0.2, -0.15) is 0 Å². The third-order valence-electron chi connectivity index (χ3n) is 5.81. The van der Waals surface area contributed by atoms with Crippen LogP contribution >= 0.6 is 23.1 Å². The molecule has 0 amide bonds. The molecule has 1 atom stereocenters. The molecule has 0 spiro atoms. The van der Waals surface area contributed by atoms with Gasteiger partial charge in [0.05, 0.1) is 43.9 Å². The number of anilines is 1. The van der Waals surface area contributed by atoms with Crippen molar-refractivity contribution < 1.29 is 14.4 Å². The van der Waals surface area contributed by atoms with Gasteiger partial charge in [-0.25, -0.2) is 9.97 Å². The number of nitrogens with one attached hydrogen (secondary N) is 2. The number of morpholine rings is 1. The molecule has 0 aliphatic carbocycles. The zero-order valence-electron chi connectivity index (χ0n) is 17.1. The highest BCUT2D eigenvalue weighted by Crippen LogP contribution is 2.42. The summed E-state index contributed by atoms with van der Waals surface area (Å²) in [5.41, 5.74) is 1.30. The second kappa shape index (κ2) is 8.83. The van der Waals surface area contributed by atoms with Crippen LogP contribution in [0.1, 0.15) is 37.6 Å². The van der Waals surface area contributed by atoms with Crippen LogP contribution in [0.25, 0.3) is 10.2 Å². The lowest BCUT2D eigenvalue weighted by Crippen LogP contribution is -3.14. The molecule has 2 aromatic heterocycles. The Balaban J connectivity index is 1.61. The van der Waals surface area contributed by atoms with Crippen LogP contribution in [-0.2, 0) is 22.5 Å². The van der Waals surface area contributed by atoms with Crippen molar-refractivity contribution in [2.75, 3.05) is 50.5 Å². The van der Waals surface area contributed by atoms with Crippen molar-refractivity contribution in [1.29, 1.82) is 0 Å². The average Bonchev–Trinajstić information content (AvgIpc) is 3.06. The molecule has 2 aliphatic rings. The first-order valence-electron chi connectivity index (χ1n) is 10.4. The van der Waals surface area contributed by atoms with E-state index in [4.69, 9.17) is 19.4 Å². The van der Waals surface area contributed by atoms with Crippen molar-refractivity contribution in [3.8, 4) is 0 Å². The van der Waals surface area contributed by atoms with E-state index in [1.807, 2.05) is 0 Å². The molecular weight excluding hydrogens is 392 g/mol. The van der Waals surface area contributed by atoms with E-state index in [1.165, 1.54) is 15.8 Å². The Morgan fingerprint density at radius 2 is 2.07 bits per heavy atom. The van der Waals surface area contributed by atoms with Gasteiger partial charge in [0, 0.05) is 11.3 Å². The predicted octanol–water partition coefficient (Wildman–Crippen LogP) is 2.37. The maximum atomic E-state index is 6.17. The summed E-state index contributed by atoms with van der Waals surface area (Å²) >= 11 is 3.48. The Bertz CT molecular complexity index is 822. The van der Waals surface area contributed by atoms with E-state index in [9.17, 15) is 0 Å². The lowest BCUT2D eigenvalue weighted by molar-refractivity contribution is -0.906. The molecule has 28 heavy (non-hydrogen) atoms. The second-order valence-corrected chi connectivity index (χ2v) is 10.1. The van der Waals surface area contributed by atoms with Crippen LogP contribution in [-0.4, -0.2) is 60.7 Å². The molecule has 0 unspecified atom stereocenters. The molecule has 8 heteroatoms. The lowest BCUT2D eigenvalue weighted by Gasteiger charge is -2.33. The highest BCUT2D eigenvalue weighted by molar-refractivity contribution is 7.99. The number of fused-ring (bicyclic) bond motifs is 3. The van der Waals surface area contributed by atoms with Gasteiger partial charge in [0.2, 0.25) is 0 Å². The summed E-state index contributed by atoms with van der Waals surface area (Å²) in [5, 5.41) is 5.75. The third kappa shape index (κ3) is 4.31. The van der Waals surface area contributed by atoms with E-state index in [0.29, 0.717) is 6.61 Å². The molecular formula is C20H31N4O2S2+. The number of rotatable bonds is 7. The first-order chi connectivity index (χ1) is 13.6.